The lowest BCUT2D eigenvalue weighted by atomic mass is 10.0. The Balaban J connectivity index is 1.78. The zero-order chi connectivity index (χ0) is 19.9. The Kier molecular flexibility index (Phi) is 6.65. The standard InChI is InChI=1S/C20H26N4O4/c1-3-28-20(26)24-11-9-23(10-12-24)19-21-17(14-27-2)16(18(25)22-19)13-15-7-5-4-6-8-15/h4-8H,3,9-14H2,1-2H3,(H,21,22,25). The van der Waals surface area contributed by atoms with E-state index in [2.05, 4.69) is 9.97 Å². The first-order chi connectivity index (χ1) is 13.6. The van der Waals surface area contributed by atoms with Crippen molar-refractivity contribution in [1.29, 1.82) is 0 Å². The van der Waals surface area contributed by atoms with Gasteiger partial charge in [0, 0.05) is 45.3 Å². The molecule has 1 amide bonds. The molecule has 1 aliphatic rings. The van der Waals surface area contributed by atoms with Gasteiger partial charge in [0.1, 0.15) is 0 Å². The number of carbonyl (C=O) groups is 1. The first kappa shape index (κ1) is 19.9. The third-order valence-electron chi connectivity index (χ3n) is 4.70. The normalized spacial score (nSPS) is 14.2. The Morgan fingerprint density at radius 3 is 2.54 bits per heavy atom. The van der Waals surface area contributed by atoms with Crippen LogP contribution in [0.3, 0.4) is 0 Å². The van der Waals surface area contributed by atoms with Gasteiger partial charge in [0.25, 0.3) is 5.56 Å². The Bertz CT molecular complexity index is 845. The molecule has 0 saturated carbocycles. The number of nitrogens with zero attached hydrogens (tertiary/aromatic N) is 3. The summed E-state index contributed by atoms with van der Waals surface area (Å²) < 4.78 is 10.3. The second-order valence-corrected chi connectivity index (χ2v) is 6.58. The van der Waals surface area contributed by atoms with Gasteiger partial charge in [-0.25, -0.2) is 9.78 Å². The van der Waals surface area contributed by atoms with Gasteiger partial charge in [-0.2, -0.15) is 0 Å². The van der Waals surface area contributed by atoms with Crippen molar-refractivity contribution < 1.29 is 14.3 Å². The minimum atomic E-state index is -0.304. The molecule has 28 heavy (non-hydrogen) atoms. The van der Waals surface area contributed by atoms with Gasteiger partial charge in [0.2, 0.25) is 5.95 Å². The minimum absolute atomic E-state index is 0.159. The lowest BCUT2D eigenvalue weighted by Crippen LogP contribution is -2.49. The molecule has 1 aromatic carbocycles. The topological polar surface area (TPSA) is 87.8 Å². The van der Waals surface area contributed by atoms with Crippen LogP contribution in [0.15, 0.2) is 35.1 Å². The van der Waals surface area contributed by atoms with Gasteiger partial charge in [-0.1, -0.05) is 30.3 Å². The van der Waals surface area contributed by atoms with E-state index in [-0.39, 0.29) is 18.3 Å². The molecule has 1 aliphatic heterocycles. The summed E-state index contributed by atoms with van der Waals surface area (Å²) in [5, 5.41) is 0. The number of aromatic nitrogens is 2. The van der Waals surface area contributed by atoms with Crippen molar-refractivity contribution in [2.24, 2.45) is 0 Å². The van der Waals surface area contributed by atoms with Crippen LogP contribution in [-0.2, 0) is 22.5 Å². The fourth-order valence-corrected chi connectivity index (χ4v) is 3.24. The molecule has 150 valence electrons. The van der Waals surface area contributed by atoms with E-state index in [4.69, 9.17) is 9.47 Å². The summed E-state index contributed by atoms with van der Waals surface area (Å²) in [6.45, 7) is 4.61. The number of anilines is 1. The van der Waals surface area contributed by atoms with Gasteiger partial charge in [-0.05, 0) is 12.5 Å². The van der Waals surface area contributed by atoms with Crippen molar-refractivity contribution in [3.63, 3.8) is 0 Å². The van der Waals surface area contributed by atoms with Crippen molar-refractivity contribution >= 4 is 12.0 Å². The van der Waals surface area contributed by atoms with E-state index in [1.807, 2.05) is 35.2 Å². The minimum Gasteiger partial charge on any atom is -0.450 e. The number of H-pyrrole nitrogens is 1. The molecular weight excluding hydrogens is 360 g/mol. The number of rotatable bonds is 6. The number of hydrogen-bond donors (Lipinski definition) is 1. The second kappa shape index (κ2) is 9.36. The zero-order valence-electron chi connectivity index (χ0n) is 16.3. The van der Waals surface area contributed by atoms with E-state index in [9.17, 15) is 9.59 Å². The molecule has 2 heterocycles. The van der Waals surface area contributed by atoms with Crippen LogP contribution in [0.5, 0.6) is 0 Å². The van der Waals surface area contributed by atoms with Crippen LogP contribution >= 0.6 is 0 Å². The molecule has 0 spiro atoms. The molecule has 8 heteroatoms. The Morgan fingerprint density at radius 1 is 1.18 bits per heavy atom. The molecule has 1 fully saturated rings. The first-order valence-corrected chi connectivity index (χ1v) is 9.44. The van der Waals surface area contributed by atoms with Crippen molar-refractivity contribution in [2.75, 3.05) is 44.8 Å². The van der Waals surface area contributed by atoms with Crippen LogP contribution in [0.2, 0.25) is 0 Å². The van der Waals surface area contributed by atoms with Crippen molar-refractivity contribution in [2.45, 2.75) is 20.0 Å². The largest absolute Gasteiger partial charge is 0.450 e. The summed E-state index contributed by atoms with van der Waals surface area (Å²) in [5.41, 5.74) is 2.14. The van der Waals surface area contributed by atoms with E-state index >= 15 is 0 Å². The predicted molar refractivity (Wildman–Crippen MR) is 106 cm³/mol. The molecule has 0 aliphatic carbocycles. The van der Waals surface area contributed by atoms with Crippen LogP contribution in [-0.4, -0.2) is 60.9 Å². The second-order valence-electron chi connectivity index (χ2n) is 6.58. The smallest absolute Gasteiger partial charge is 0.409 e. The maximum absolute atomic E-state index is 12.8. The Labute approximate surface area is 164 Å². The third kappa shape index (κ3) is 4.69. The number of nitrogens with one attached hydrogen (secondary N) is 1. The van der Waals surface area contributed by atoms with Gasteiger partial charge in [0.05, 0.1) is 18.9 Å². The predicted octanol–water partition coefficient (Wildman–Crippen LogP) is 1.79. The van der Waals surface area contributed by atoms with Crippen LogP contribution < -0.4 is 10.5 Å². The van der Waals surface area contributed by atoms with E-state index in [0.29, 0.717) is 56.4 Å². The van der Waals surface area contributed by atoms with E-state index < -0.39 is 0 Å². The molecule has 1 aromatic heterocycles. The van der Waals surface area contributed by atoms with Gasteiger partial charge >= 0.3 is 6.09 Å². The fraction of sp³-hybridized carbons (Fsp3) is 0.450. The van der Waals surface area contributed by atoms with Gasteiger partial charge in [-0.3, -0.25) is 9.78 Å². The number of amides is 1. The molecule has 1 N–H and O–H groups in total. The number of benzene rings is 1. The molecule has 1 saturated heterocycles. The summed E-state index contributed by atoms with van der Waals surface area (Å²) in [7, 11) is 1.59. The molecule has 0 bridgehead atoms. The van der Waals surface area contributed by atoms with E-state index in [0.717, 1.165) is 5.56 Å². The highest BCUT2D eigenvalue weighted by atomic mass is 16.6. The van der Waals surface area contributed by atoms with Crippen LogP contribution in [0.4, 0.5) is 10.7 Å². The first-order valence-electron chi connectivity index (χ1n) is 9.44. The van der Waals surface area contributed by atoms with E-state index in [1.165, 1.54) is 0 Å². The highest BCUT2D eigenvalue weighted by molar-refractivity contribution is 5.68. The molecule has 8 nitrogen and oxygen atoms in total. The summed E-state index contributed by atoms with van der Waals surface area (Å²) >= 11 is 0. The number of piperazine rings is 1. The van der Waals surface area contributed by atoms with Crippen molar-refractivity contribution in [3.8, 4) is 0 Å². The third-order valence-corrected chi connectivity index (χ3v) is 4.70. The lowest BCUT2D eigenvalue weighted by Gasteiger charge is -2.34. The SMILES string of the molecule is CCOC(=O)N1CCN(c2nc(COC)c(Cc3ccccc3)c(=O)[nH]2)CC1. The Hall–Kier alpha value is -2.87. The molecule has 3 rings (SSSR count). The molecule has 0 unspecified atom stereocenters. The van der Waals surface area contributed by atoms with Crippen LogP contribution in [0, 0.1) is 0 Å². The number of hydrogen-bond acceptors (Lipinski definition) is 6. The van der Waals surface area contributed by atoms with Gasteiger partial charge in [0.15, 0.2) is 0 Å². The lowest BCUT2D eigenvalue weighted by molar-refractivity contribution is 0.105. The number of methoxy groups -OCH3 is 1. The van der Waals surface area contributed by atoms with Gasteiger partial charge < -0.3 is 19.3 Å². The summed E-state index contributed by atoms with van der Waals surface area (Å²) in [6, 6.07) is 9.81. The van der Waals surface area contributed by atoms with Crippen molar-refractivity contribution in [3.05, 3.63) is 57.5 Å². The summed E-state index contributed by atoms with van der Waals surface area (Å²) in [6.07, 6.45) is 0.195. The fourth-order valence-electron chi connectivity index (χ4n) is 3.24. The van der Waals surface area contributed by atoms with Gasteiger partial charge in [-0.15, -0.1) is 0 Å². The average Bonchev–Trinajstić information content (AvgIpc) is 2.71. The quantitative estimate of drug-likeness (QED) is 0.814. The highest BCUT2D eigenvalue weighted by Gasteiger charge is 2.24. The number of carbonyl (C=O) groups excluding carboxylic acids is 1. The zero-order valence-corrected chi connectivity index (χ0v) is 16.3. The highest BCUT2D eigenvalue weighted by Crippen LogP contribution is 2.15. The van der Waals surface area contributed by atoms with E-state index in [1.54, 1.807) is 18.9 Å². The molecule has 0 atom stereocenters. The summed E-state index contributed by atoms with van der Waals surface area (Å²) in [5.74, 6) is 0.511. The Morgan fingerprint density at radius 2 is 1.89 bits per heavy atom. The molecule has 0 radical (unpaired) electrons. The maximum atomic E-state index is 12.8. The molecular formula is C20H26N4O4. The molecule has 2 aromatic rings. The van der Waals surface area contributed by atoms with Crippen molar-refractivity contribution in [1.82, 2.24) is 14.9 Å². The maximum Gasteiger partial charge on any atom is 0.409 e. The number of aromatic amines is 1. The number of ether oxygens (including phenoxy) is 2. The average molecular weight is 386 g/mol. The summed E-state index contributed by atoms with van der Waals surface area (Å²) in [4.78, 5) is 35.8. The van der Waals surface area contributed by atoms with Crippen LogP contribution in [0.25, 0.3) is 0 Å². The van der Waals surface area contributed by atoms with Crippen LogP contribution in [0.1, 0.15) is 23.7 Å². The monoisotopic (exact) mass is 386 g/mol.